The predicted octanol–water partition coefficient (Wildman–Crippen LogP) is 0.333. The molecule has 2 atom stereocenters. The van der Waals surface area contributed by atoms with Crippen LogP contribution >= 0.6 is 0 Å². The average molecular weight is 360 g/mol. The lowest BCUT2D eigenvalue weighted by atomic mass is 10.0. The van der Waals surface area contributed by atoms with Gasteiger partial charge in [0.25, 0.3) is 0 Å². The molecule has 0 aromatic heterocycles. The van der Waals surface area contributed by atoms with Crippen LogP contribution in [0.5, 0.6) is 0 Å². The molecule has 9 heteroatoms. The van der Waals surface area contributed by atoms with Crippen LogP contribution in [-0.4, -0.2) is 72.5 Å². The molecule has 6 nitrogen and oxygen atoms in total. The minimum absolute atomic E-state index is 0.0728. The Morgan fingerprint density at radius 2 is 1.79 bits per heavy atom. The maximum absolute atomic E-state index is 13.9. The number of halogens is 2. The van der Waals surface area contributed by atoms with Crippen molar-refractivity contribution >= 4 is 15.8 Å². The first-order chi connectivity index (χ1) is 11.2. The standard InChI is InChI=1S/C15H18F2N2O4S/c16-11-2-1-10(12(17)5-11)6-18-3-4-19(7-15(20)21)14-9-24(22,23)8-13(14)18/h1-2,5,13-14H,3-4,6-9H2,(H,20,21). The van der Waals surface area contributed by atoms with Crippen LogP contribution in [-0.2, 0) is 21.2 Å². The largest absolute Gasteiger partial charge is 0.480 e. The molecular formula is C15H18F2N2O4S. The summed E-state index contributed by atoms with van der Waals surface area (Å²) in [6, 6.07) is 2.53. The number of rotatable bonds is 4. The third kappa shape index (κ3) is 3.57. The average Bonchev–Trinajstić information content (AvgIpc) is 2.79. The van der Waals surface area contributed by atoms with Crippen molar-refractivity contribution in [3.8, 4) is 0 Å². The highest BCUT2D eigenvalue weighted by Gasteiger charge is 2.46. The summed E-state index contributed by atoms with van der Waals surface area (Å²) in [5, 5.41) is 8.99. The summed E-state index contributed by atoms with van der Waals surface area (Å²) in [4.78, 5) is 14.5. The number of piperazine rings is 1. The van der Waals surface area contributed by atoms with E-state index in [1.54, 1.807) is 4.90 Å². The molecule has 0 radical (unpaired) electrons. The van der Waals surface area contributed by atoms with Crippen LogP contribution in [0.25, 0.3) is 0 Å². The molecule has 1 aromatic carbocycles. The van der Waals surface area contributed by atoms with Crippen LogP contribution in [0.1, 0.15) is 5.56 Å². The van der Waals surface area contributed by atoms with Gasteiger partial charge in [-0.05, 0) is 6.07 Å². The van der Waals surface area contributed by atoms with Gasteiger partial charge in [0.2, 0.25) is 0 Å². The lowest BCUT2D eigenvalue weighted by Crippen LogP contribution is -2.59. The van der Waals surface area contributed by atoms with E-state index in [1.165, 1.54) is 12.1 Å². The van der Waals surface area contributed by atoms with Gasteiger partial charge in [0.1, 0.15) is 11.6 Å². The molecule has 1 N–H and O–H groups in total. The van der Waals surface area contributed by atoms with Gasteiger partial charge in [-0.3, -0.25) is 14.6 Å². The monoisotopic (exact) mass is 360 g/mol. The zero-order valence-corrected chi connectivity index (χ0v) is 13.7. The van der Waals surface area contributed by atoms with Gasteiger partial charge in [0.15, 0.2) is 9.84 Å². The van der Waals surface area contributed by atoms with Crippen molar-refractivity contribution in [3.63, 3.8) is 0 Å². The van der Waals surface area contributed by atoms with E-state index in [0.29, 0.717) is 18.7 Å². The van der Waals surface area contributed by atoms with E-state index in [1.807, 2.05) is 4.90 Å². The second-order valence-electron chi connectivity index (χ2n) is 6.28. The summed E-state index contributed by atoms with van der Waals surface area (Å²) in [6.45, 7) is 0.783. The van der Waals surface area contributed by atoms with Crippen molar-refractivity contribution in [2.45, 2.75) is 18.6 Å². The molecule has 132 valence electrons. The summed E-state index contributed by atoms with van der Waals surface area (Å²) in [7, 11) is -3.27. The fourth-order valence-corrected chi connectivity index (χ4v) is 5.57. The van der Waals surface area contributed by atoms with Gasteiger partial charge in [-0.25, -0.2) is 17.2 Å². The Bertz CT molecular complexity index is 756. The summed E-state index contributed by atoms with van der Waals surface area (Å²) >= 11 is 0. The number of hydrogen-bond acceptors (Lipinski definition) is 5. The Morgan fingerprint density at radius 1 is 1.17 bits per heavy atom. The molecule has 24 heavy (non-hydrogen) atoms. The second-order valence-corrected chi connectivity index (χ2v) is 8.44. The molecule has 1 aromatic rings. The number of sulfone groups is 1. The number of carboxylic acids is 1. The van der Waals surface area contributed by atoms with Crippen molar-refractivity contribution in [2.75, 3.05) is 31.1 Å². The van der Waals surface area contributed by atoms with Crippen LogP contribution in [0.15, 0.2) is 18.2 Å². The van der Waals surface area contributed by atoms with Crippen molar-refractivity contribution in [2.24, 2.45) is 0 Å². The maximum Gasteiger partial charge on any atom is 0.317 e. The lowest BCUT2D eigenvalue weighted by molar-refractivity contribution is -0.139. The second kappa shape index (κ2) is 6.38. The summed E-state index contributed by atoms with van der Waals surface area (Å²) in [6.07, 6.45) is 0. The Balaban J connectivity index is 1.81. The minimum Gasteiger partial charge on any atom is -0.480 e. The molecule has 2 heterocycles. The molecule has 0 amide bonds. The van der Waals surface area contributed by atoms with Crippen LogP contribution in [0.4, 0.5) is 8.78 Å². The number of carbonyl (C=O) groups is 1. The maximum atomic E-state index is 13.9. The van der Waals surface area contributed by atoms with Gasteiger partial charge < -0.3 is 5.11 Å². The zero-order chi connectivity index (χ0) is 17.5. The number of carboxylic acid groups (broad SMARTS) is 1. The number of aliphatic carboxylic acids is 1. The van der Waals surface area contributed by atoms with Crippen LogP contribution in [0.2, 0.25) is 0 Å². The van der Waals surface area contributed by atoms with Gasteiger partial charge in [-0.2, -0.15) is 0 Å². The third-order valence-corrected chi connectivity index (χ3v) is 6.33. The van der Waals surface area contributed by atoms with Gasteiger partial charge in [-0.15, -0.1) is 0 Å². The molecule has 3 rings (SSSR count). The molecule has 0 spiro atoms. The Hall–Kier alpha value is -1.58. The molecule has 0 saturated carbocycles. The van der Waals surface area contributed by atoms with E-state index in [-0.39, 0.29) is 30.6 Å². The first-order valence-electron chi connectivity index (χ1n) is 7.59. The lowest BCUT2D eigenvalue weighted by Gasteiger charge is -2.43. The molecule has 2 unspecified atom stereocenters. The van der Waals surface area contributed by atoms with E-state index in [2.05, 4.69) is 0 Å². The van der Waals surface area contributed by atoms with E-state index in [9.17, 15) is 22.0 Å². The summed E-state index contributed by atoms with van der Waals surface area (Å²) < 4.78 is 50.9. The molecule has 2 aliphatic rings. The van der Waals surface area contributed by atoms with E-state index >= 15 is 0 Å². The molecule has 2 aliphatic heterocycles. The van der Waals surface area contributed by atoms with Crippen molar-refractivity contribution in [1.29, 1.82) is 0 Å². The van der Waals surface area contributed by atoms with Crippen LogP contribution in [0, 0.1) is 11.6 Å². The van der Waals surface area contributed by atoms with E-state index in [4.69, 9.17) is 5.11 Å². The van der Waals surface area contributed by atoms with Crippen molar-refractivity contribution < 1.29 is 27.1 Å². The summed E-state index contributed by atoms with van der Waals surface area (Å²) in [5.74, 6) is -2.50. The Labute approximate surface area is 138 Å². The van der Waals surface area contributed by atoms with Crippen molar-refractivity contribution in [1.82, 2.24) is 9.80 Å². The molecule has 0 bridgehead atoms. The SMILES string of the molecule is O=C(O)CN1CCN(Cc2ccc(F)cc2F)C2CS(=O)(=O)CC21. The zero-order valence-electron chi connectivity index (χ0n) is 12.9. The fourth-order valence-electron chi connectivity index (χ4n) is 3.53. The Morgan fingerprint density at radius 3 is 2.42 bits per heavy atom. The first-order valence-corrected chi connectivity index (χ1v) is 9.41. The van der Waals surface area contributed by atoms with Crippen LogP contribution < -0.4 is 0 Å². The van der Waals surface area contributed by atoms with Gasteiger partial charge in [0.05, 0.1) is 18.1 Å². The number of fused-ring (bicyclic) bond motifs is 1. The Kier molecular flexibility index (Phi) is 4.58. The number of benzene rings is 1. The quantitative estimate of drug-likeness (QED) is 0.834. The van der Waals surface area contributed by atoms with E-state index in [0.717, 1.165) is 6.07 Å². The van der Waals surface area contributed by atoms with Gasteiger partial charge >= 0.3 is 5.97 Å². The molecule has 0 aliphatic carbocycles. The van der Waals surface area contributed by atoms with Gasteiger partial charge in [-0.1, -0.05) is 6.07 Å². The summed E-state index contributed by atoms with van der Waals surface area (Å²) in [5.41, 5.74) is 0.297. The minimum atomic E-state index is -3.27. The molecule has 2 fully saturated rings. The predicted molar refractivity (Wildman–Crippen MR) is 82.2 cm³/mol. The van der Waals surface area contributed by atoms with Crippen LogP contribution in [0.3, 0.4) is 0 Å². The number of nitrogens with zero attached hydrogens (tertiary/aromatic N) is 2. The third-order valence-electron chi connectivity index (χ3n) is 4.63. The highest BCUT2D eigenvalue weighted by molar-refractivity contribution is 7.91. The highest BCUT2D eigenvalue weighted by Crippen LogP contribution is 2.28. The van der Waals surface area contributed by atoms with E-state index < -0.39 is 33.5 Å². The normalized spacial score (nSPS) is 27.1. The van der Waals surface area contributed by atoms with Crippen molar-refractivity contribution in [3.05, 3.63) is 35.4 Å². The fraction of sp³-hybridized carbons (Fsp3) is 0.533. The van der Waals surface area contributed by atoms with Gasteiger partial charge in [0, 0.05) is 43.3 Å². The molecule has 2 saturated heterocycles. The molecular weight excluding hydrogens is 342 g/mol. The first kappa shape index (κ1) is 17.2. The number of hydrogen-bond donors (Lipinski definition) is 1. The topological polar surface area (TPSA) is 77.9 Å². The smallest absolute Gasteiger partial charge is 0.317 e. The highest BCUT2D eigenvalue weighted by atomic mass is 32.2.